The number of amides is 1. The highest BCUT2D eigenvalue weighted by Crippen LogP contribution is 2.31. The number of nitrogens with two attached hydrogens (primary N) is 1. The summed E-state index contributed by atoms with van der Waals surface area (Å²) in [5.41, 5.74) is 5.55. The first-order chi connectivity index (χ1) is 8.99. The van der Waals surface area contributed by atoms with Crippen molar-refractivity contribution >= 4 is 5.91 Å². The average molecular weight is 269 g/mol. The number of rotatable bonds is 2. The number of likely N-dealkylation sites (N-methyl/N-ethyl adjacent to an activating group) is 1. The van der Waals surface area contributed by atoms with E-state index in [1.165, 1.54) is 0 Å². The predicted molar refractivity (Wildman–Crippen MR) is 74.8 cm³/mol. The summed E-state index contributed by atoms with van der Waals surface area (Å²) in [5, 5.41) is 0. The zero-order valence-electron chi connectivity index (χ0n) is 12.4. The van der Waals surface area contributed by atoms with Crippen molar-refractivity contribution in [3.63, 3.8) is 0 Å². The first-order valence-corrected chi connectivity index (χ1v) is 7.32. The third-order valence-corrected chi connectivity index (χ3v) is 4.64. The molecule has 19 heavy (non-hydrogen) atoms. The summed E-state index contributed by atoms with van der Waals surface area (Å²) < 4.78 is 5.42. The van der Waals surface area contributed by atoms with E-state index in [1.54, 1.807) is 0 Å². The number of carbonyl (C=O) groups excluding carboxylic acids is 1. The highest BCUT2D eigenvalue weighted by molar-refractivity contribution is 5.84. The van der Waals surface area contributed by atoms with Crippen molar-refractivity contribution in [2.75, 3.05) is 39.9 Å². The minimum Gasteiger partial charge on any atom is -0.379 e. The van der Waals surface area contributed by atoms with E-state index in [-0.39, 0.29) is 11.9 Å². The van der Waals surface area contributed by atoms with Crippen LogP contribution in [0, 0.1) is 5.41 Å². The van der Waals surface area contributed by atoms with Crippen molar-refractivity contribution in [1.82, 2.24) is 9.80 Å². The number of hydrogen-bond donors (Lipinski definition) is 1. The second kappa shape index (κ2) is 5.77. The zero-order valence-corrected chi connectivity index (χ0v) is 12.4. The van der Waals surface area contributed by atoms with E-state index in [9.17, 15) is 4.79 Å². The van der Waals surface area contributed by atoms with Gasteiger partial charge in [0.25, 0.3) is 0 Å². The van der Waals surface area contributed by atoms with Gasteiger partial charge in [0.1, 0.15) is 0 Å². The smallest absolute Gasteiger partial charge is 0.232 e. The van der Waals surface area contributed by atoms with Crippen LogP contribution >= 0.6 is 0 Å². The van der Waals surface area contributed by atoms with Crippen molar-refractivity contribution in [3.8, 4) is 0 Å². The quantitative estimate of drug-likeness (QED) is 0.783. The van der Waals surface area contributed by atoms with Crippen molar-refractivity contribution in [1.29, 1.82) is 0 Å². The first-order valence-electron chi connectivity index (χ1n) is 7.32. The fraction of sp³-hybridized carbons (Fsp3) is 0.929. The fourth-order valence-electron chi connectivity index (χ4n) is 3.10. The summed E-state index contributed by atoms with van der Waals surface area (Å²) in [4.78, 5) is 17.3. The number of nitrogens with zero attached hydrogens (tertiary/aromatic N) is 2. The third kappa shape index (κ3) is 2.78. The molecule has 2 rings (SSSR count). The normalized spacial score (nSPS) is 37.4. The summed E-state index contributed by atoms with van der Waals surface area (Å²) in [6.07, 6.45) is 2.02. The van der Waals surface area contributed by atoms with Gasteiger partial charge in [0.15, 0.2) is 0 Å². The average Bonchev–Trinajstić information content (AvgIpc) is 2.62. The summed E-state index contributed by atoms with van der Waals surface area (Å²) in [6, 6.07) is 0.114. The molecule has 2 saturated heterocycles. The lowest BCUT2D eigenvalue weighted by Crippen LogP contribution is -2.55. The van der Waals surface area contributed by atoms with Gasteiger partial charge in [-0.2, -0.15) is 0 Å². The maximum absolute atomic E-state index is 12.9. The number of carbonyl (C=O) groups is 1. The molecule has 2 N–H and O–H groups in total. The van der Waals surface area contributed by atoms with Gasteiger partial charge < -0.3 is 20.3 Å². The van der Waals surface area contributed by atoms with Gasteiger partial charge in [-0.3, -0.25) is 4.79 Å². The van der Waals surface area contributed by atoms with E-state index >= 15 is 0 Å². The zero-order chi connectivity index (χ0) is 14.0. The highest BCUT2D eigenvalue weighted by atomic mass is 16.5. The van der Waals surface area contributed by atoms with Gasteiger partial charge in [0.05, 0.1) is 18.6 Å². The summed E-state index contributed by atoms with van der Waals surface area (Å²) in [7, 11) is 2.13. The summed E-state index contributed by atoms with van der Waals surface area (Å²) in [5.74, 6) is 0.180. The van der Waals surface area contributed by atoms with E-state index in [2.05, 4.69) is 23.8 Å². The minimum atomic E-state index is -0.545. The molecule has 2 fully saturated rings. The molecule has 0 aromatic rings. The summed E-state index contributed by atoms with van der Waals surface area (Å²) in [6.45, 7) is 7.90. The standard InChI is InChI=1S/C14H27N3O2/c1-4-11-8-16(3)6-5-7-17(11)13(18)14(2)10-19-9-12(14)15/h11-12H,4-10,15H2,1-3H3. The Kier molecular flexibility index (Phi) is 4.48. The second-order valence-electron chi connectivity index (χ2n) is 6.22. The predicted octanol–water partition coefficient (Wildman–Crippen LogP) is 0.293. The van der Waals surface area contributed by atoms with E-state index < -0.39 is 5.41 Å². The van der Waals surface area contributed by atoms with Crippen LogP contribution in [0.1, 0.15) is 26.7 Å². The lowest BCUT2D eigenvalue weighted by molar-refractivity contribution is -0.144. The molecule has 2 aliphatic rings. The van der Waals surface area contributed by atoms with Crippen LogP contribution in [0.25, 0.3) is 0 Å². The molecule has 3 unspecified atom stereocenters. The van der Waals surface area contributed by atoms with Crippen LogP contribution in [0.3, 0.4) is 0 Å². The van der Waals surface area contributed by atoms with Crippen LogP contribution in [-0.2, 0) is 9.53 Å². The second-order valence-corrected chi connectivity index (χ2v) is 6.22. The Morgan fingerprint density at radius 1 is 1.47 bits per heavy atom. The lowest BCUT2D eigenvalue weighted by Gasteiger charge is -2.37. The molecule has 0 aliphatic carbocycles. The molecule has 0 radical (unpaired) electrons. The Labute approximate surface area is 116 Å². The Morgan fingerprint density at radius 3 is 2.79 bits per heavy atom. The van der Waals surface area contributed by atoms with Crippen LogP contribution in [0.2, 0.25) is 0 Å². The van der Waals surface area contributed by atoms with Crippen LogP contribution in [-0.4, -0.2) is 67.7 Å². The number of ether oxygens (including phenoxy) is 1. The van der Waals surface area contributed by atoms with Crippen LogP contribution in [0.5, 0.6) is 0 Å². The van der Waals surface area contributed by atoms with Crippen molar-refractivity contribution in [2.45, 2.75) is 38.8 Å². The maximum atomic E-state index is 12.9. The van der Waals surface area contributed by atoms with Crippen molar-refractivity contribution in [3.05, 3.63) is 0 Å². The van der Waals surface area contributed by atoms with E-state index in [1.807, 2.05) is 6.92 Å². The van der Waals surface area contributed by atoms with E-state index in [0.29, 0.717) is 19.3 Å². The van der Waals surface area contributed by atoms with E-state index in [4.69, 9.17) is 10.5 Å². The lowest BCUT2D eigenvalue weighted by atomic mass is 9.83. The Bertz CT molecular complexity index is 337. The summed E-state index contributed by atoms with van der Waals surface area (Å²) >= 11 is 0. The minimum absolute atomic E-state index is 0.180. The molecular weight excluding hydrogens is 242 g/mol. The van der Waals surface area contributed by atoms with Gasteiger partial charge in [-0.05, 0) is 33.4 Å². The molecule has 5 nitrogen and oxygen atoms in total. The first kappa shape index (κ1) is 14.8. The highest BCUT2D eigenvalue weighted by Gasteiger charge is 2.47. The van der Waals surface area contributed by atoms with Gasteiger partial charge in [0.2, 0.25) is 5.91 Å². The fourth-order valence-corrected chi connectivity index (χ4v) is 3.10. The monoisotopic (exact) mass is 269 g/mol. The van der Waals surface area contributed by atoms with Gasteiger partial charge >= 0.3 is 0 Å². The van der Waals surface area contributed by atoms with Gasteiger partial charge in [-0.1, -0.05) is 6.92 Å². The van der Waals surface area contributed by atoms with Gasteiger partial charge in [-0.25, -0.2) is 0 Å². The van der Waals surface area contributed by atoms with Gasteiger partial charge in [0, 0.05) is 25.2 Å². The largest absolute Gasteiger partial charge is 0.379 e. The molecule has 1 amide bonds. The molecular formula is C14H27N3O2. The topological polar surface area (TPSA) is 58.8 Å². The Morgan fingerprint density at radius 2 is 2.21 bits per heavy atom. The Hall–Kier alpha value is -0.650. The van der Waals surface area contributed by atoms with Crippen LogP contribution < -0.4 is 5.73 Å². The maximum Gasteiger partial charge on any atom is 0.232 e. The van der Waals surface area contributed by atoms with E-state index in [0.717, 1.165) is 32.5 Å². The van der Waals surface area contributed by atoms with Crippen molar-refractivity contribution in [2.24, 2.45) is 11.1 Å². The molecule has 0 spiro atoms. The molecule has 3 atom stereocenters. The SMILES string of the molecule is CCC1CN(C)CCCN1C(=O)C1(C)COCC1N. The molecule has 0 saturated carbocycles. The number of hydrogen-bond acceptors (Lipinski definition) is 4. The molecule has 5 heteroatoms. The molecule has 2 aliphatic heterocycles. The molecule has 0 aromatic carbocycles. The molecule has 0 bridgehead atoms. The third-order valence-electron chi connectivity index (χ3n) is 4.64. The molecule has 0 aromatic heterocycles. The van der Waals surface area contributed by atoms with Crippen LogP contribution in [0.15, 0.2) is 0 Å². The van der Waals surface area contributed by atoms with Crippen molar-refractivity contribution < 1.29 is 9.53 Å². The van der Waals surface area contributed by atoms with Gasteiger partial charge in [-0.15, -0.1) is 0 Å². The van der Waals surface area contributed by atoms with Crippen LogP contribution in [0.4, 0.5) is 0 Å². The molecule has 110 valence electrons. The molecule has 2 heterocycles. The Balaban J connectivity index is 2.16.